The lowest BCUT2D eigenvalue weighted by atomic mass is 10.0. The third kappa shape index (κ3) is 4.90. The molecule has 16 heavy (non-hydrogen) atoms. The van der Waals surface area contributed by atoms with E-state index in [0.29, 0.717) is 12.8 Å². The minimum Gasteiger partial charge on any atom is -0.327 e. The van der Waals surface area contributed by atoms with Crippen molar-refractivity contribution < 1.29 is 4.79 Å². The molecule has 1 rings (SSSR count). The molecule has 0 aliphatic rings. The van der Waals surface area contributed by atoms with E-state index in [1.807, 2.05) is 24.3 Å². The van der Waals surface area contributed by atoms with Gasteiger partial charge < -0.3 is 5.73 Å². The Hall–Kier alpha value is -0.670. The monoisotopic (exact) mass is 283 g/mol. The Kier molecular flexibility index (Phi) is 5.71. The van der Waals surface area contributed by atoms with Crippen molar-refractivity contribution in [3.63, 3.8) is 0 Å². The number of carbonyl (C=O) groups excluding carboxylic acids is 1. The maximum atomic E-state index is 11.7. The van der Waals surface area contributed by atoms with Gasteiger partial charge in [-0.2, -0.15) is 0 Å². The highest BCUT2D eigenvalue weighted by atomic mass is 79.9. The molecule has 88 valence electrons. The fourth-order valence-electron chi connectivity index (χ4n) is 1.71. The zero-order valence-corrected chi connectivity index (χ0v) is 11.2. The Bertz CT molecular complexity index is 352. The standard InChI is InChI=1S/C13H18BrNO/c1-2-4-12(15)9-13(16)8-10-5-3-6-11(14)7-10/h3,5-7,12H,2,4,8-9,15H2,1H3. The molecule has 1 unspecified atom stereocenters. The van der Waals surface area contributed by atoms with Crippen molar-refractivity contribution in [2.75, 3.05) is 0 Å². The average molecular weight is 284 g/mol. The van der Waals surface area contributed by atoms with E-state index in [1.54, 1.807) is 0 Å². The number of hydrogen-bond acceptors (Lipinski definition) is 2. The number of rotatable bonds is 6. The fraction of sp³-hybridized carbons (Fsp3) is 0.462. The molecule has 0 radical (unpaired) electrons. The van der Waals surface area contributed by atoms with Gasteiger partial charge in [-0.25, -0.2) is 0 Å². The first kappa shape index (κ1) is 13.4. The summed E-state index contributed by atoms with van der Waals surface area (Å²) in [5.74, 6) is 0.221. The van der Waals surface area contributed by atoms with Crippen LogP contribution in [0.1, 0.15) is 31.7 Å². The van der Waals surface area contributed by atoms with E-state index in [-0.39, 0.29) is 11.8 Å². The van der Waals surface area contributed by atoms with E-state index >= 15 is 0 Å². The van der Waals surface area contributed by atoms with Gasteiger partial charge in [0.2, 0.25) is 0 Å². The highest BCUT2D eigenvalue weighted by Crippen LogP contribution is 2.13. The lowest BCUT2D eigenvalue weighted by Crippen LogP contribution is -2.24. The predicted octanol–water partition coefficient (Wildman–Crippen LogP) is 3.08. The Labute approximate surface area is 105 Å². The van der Waals surface area contributed by atoms with Crippen LogP contribution in [0.25, 0.3) is 0 Å². The molecule has 0 saturated carbocycles. The number of halogens is 1. The van der Waals surface area contributed by atoms with E-state index in [4.69, 9.17) is 5.73 Å². The normalized spacial score (nSPS) is 12.4. The summed E-state index contributed by atoms with van der Waals surface area (Å²) in [7, 11) is 0. The van der Waals surface area contributed by atoms with Gasteiger partial charge in [0.15, 0.2) is 0 Å². The van der Waals surface area contributed by atoms with Gasteiger partial charge in [-0.05, 0) is 24.1 Å². The highest BCUT2D eigenvalue weighted by molar-refractivity contribution is 9.10. The van der Waals surface area contributed by atoms with Crippen LogP contribution in [0, 0.1) is 0 Å². The Morgan fingerprint density at radius 3 is 2.88 bits per heavy atom. The van der Waals surface area contributed by atoms with Gasteiger partial charge in [0.1, 0.15) is 5.78 Å². The van der Waals surface area contributed by atoms with Crippen molar-refractivity contribution >= 4 is 21.7 Å². The van der Waals surface area contributed by atoms with Gasteiger partial charge in [0, 0.05) is 23.4 Å². The topological polar surface area (TPSA) is 43.1 Å². The largest absolute Gasteiger partial charge is 0.327 e. The molecule has 0 spiro atoms. The highest BCUT2D eigenvalue weighted by Gasteiger charge is 2.09. The first-order valence-electron chi connectivity index (χ1n) is 5.63. The molecule has 2 nitrogen and oxygen atoms in total. The van der Waals surface area contributed by atoms with Gasteiger partial charge in [-0.15, -0.1) is 0 Å². The summed E-state index contributed by atoms with van der Waals surface area (Å²) in [5.41, 5.74) is 6.88. The molecule has 1 aromatic carbocycles. The van der Waals surface area contributed by atoms with Crippen molar-refractivity contribution in [1.29, 1.82) is 0 Å². The number of ketones is 1. The SMILES string of the molecule is CCCC(N)CC(=O)Cc1cccc(Br)c1. The molecular formula is C13H18BrNO. The van der Waals surface area contributed by atoms with Crippen molar-refractivity contribution in [1.82, 2.24) is 0 Å². The molecular weight excluding hydrogens is 266 g/mol. The van der Waals surface area contributed by atoms with Crippen molar-refractivity contribution in [3.05, 3.63) is 34.3 Å². The second-order valence-corrected chi connectivity index (χ2v) is 5.01. The molecule has 0 saturated heterocycles. The number of hydrogen-bond donors (Lipinski definition) is 1. The van der Waals surface area contributed by atoms with Crippen molar-refractivity contribution in [2.45, 2.75) is 38.6 Å². The number of Topliss-reactive ketones (excluding diaryl/α,β-unsaturated/α-hetero) is 1. The fourth-order valence-corrected chi connectivity index (χ4v) is 2.16. The first-order chi connectivity index (χ1) is 7.61. The molecule has 0 heterocycles. The quantitative estimate of drug-likeness (QED) is 0.872. The van der Waals surface area contributed by atoms with Crippen LogP contribution in [-0.4, -0.2) is 11.8 Å². The minimum absolute atomic E-state index is 0.0182. The van der Waals surface area contributed by atoms with E-state index < -0.39 is 0 Å². The Morgan fingerprint density at radius 2 is 2.25 bits per heavy atom. The molecule has 2 N–H and O–H groups in total. The zero-order valence-electron chi connectivity index (χ0n) is 9.58. The lowest BCUT2D eigenvalue weighted by molar-refractivity contribution is -0.118. The third-order valence-corrected chi connectivity index (χ3v) is 2.93. The maximum Gasteiger partial charge on any atom is 0.138 e. The van der Waals surface area contributed by atoms with Gasteiger partial charge >= 0.3 is 0 Å². The summed E-state index contributed by atoms with van der Waals surface area (Å²) in [4.78, 5) is 11.7. The molecule has 0 aromatic heterocycles. The Balaban J connectivity index is 2.45. The van der Waals surface area contributed by atoms with E-state index in [2.05, 4.69) is 22.9 Å². The van der Waals surface area contributed by atoms with Crippen LogP contribution < -0.4 is 5.73 Å². The molecule has 1 aromatic rings. The van der Waals surface area contributed by atoms with Crippen LogP contribution >= 0.6 is 15.9 Å². The van der Waals surface area contributed by atoms with E-state index in [9.17, 15) is 4.79 Å². The van der Waals surface area contributed by atoms with Gasteiger partial charge in [-0.1, -0.05) is 41.4 Å². The van der Waals surface area contributed by atoms with E-state index in [1.165, 1.54) is 0 Å². The van der Waals surface area contributed by atoms with Crippen LogP contribution in [0.2, 0.25) is 0 Å². The second-order valence-electron chi connectivity index (χ2n) is 4.10. The minimum atomic E-state index is 0.0182. The summed E-state index contributed by atoms with van der Waals surface area (Å²) in [6, 6.07) is 7.86. The molecule has 0 aliphatic carbocycles. The molecule has 1 atom stereocenters. The van der Waals surface area contributed by atoms with Crippen molar-refractivity contribution in [2.24, 2.45) is 5.73 Å². The molecule has 0 fully saturated rings. The predicted molar refractivity (Wildman–Crippen MR) is 70.4 cm³/mol. The van der Waals surface area contributed by atoms with Gasteiger partial charge in [-0.3, -0.25) is 4.79 Å². The smallest absolute Gasteiger partial charge is 0.138 e. The maximum absolute atomic E-state index is 11.7. The van der Waals surface area contributed by atoms with Crippen LogP contribution in [0.4, 0.5) is 0 Å². The Morgan fingerprint density at radius 1 is 1.50 bits per heavy atom. The van der Waals surface area contributed by atoms with Crippen LogP contribution in [0.15, 0.2) is 28.7 Å². The first-order valence-corrected chi connectivity index (χ1v) is 6.43. The number of carbonyl (C=O) groups is 1. The lowest BCUT2D eigenvalue weighted by Gasteiger charge is -2.09. The van der Waals surface area contributed by atoms with Crippen molar-refractivity contribution in [3.8, 4) is 0 Å². The van der Waals surface area contributed by atoms with Gasteiger partial charge in [0.25, 0.3) is 0 Å². The summed E-state index contributed by atoms with van der Waals surface area (Å²) < 4.78 is 1.01. The van der Waals surface area contributed by atoms with Crippen LogP contribution in [0.5, 0.6) is 0 Å². The summed E-state index contributed by atoms with van der Waals surface area (Å²) in [6.07, 6.45) is 2.92. The van der Waals surface area contributed by atoms with E-state index in [0.717, 1.165) is 22.9 Å². The second kappa shape index (κ2) is 6.81. The van der Waals surface area contributed by atoms with Crippen LogP contribution in [0.3, 0.4) is 0 Å². The van der Waals surface area contributed by atoms with Crippen LogP contribution in [-0.2, 0) is 11.2 Å². The number of benzene rings is 1. The summed E-state index contributed by atoms with van der Waals surface area (Å²) >= 11 is 3.39. The third-order valence-electron chi connectivity index (χ3n) is 2.44. The molecule has 0 amide bonds. The zero-order chi connectivity index (χ0) is 12.0. The average Bonchev–Trinajstić information content (AvgIpc) is 2.17. The molecule has 0 aliphatic heterocycles. The summed E-state index contributed by atoms with van der Waals surface area (Å²) in [6.45, 7) is 2.08. The van der Waals surface area contributed by atoms with Gasteiger partial charge in [0.05, 0.1) is 0 Å². The number of nitrogens with two attached hydrogens (primary N) is 1. The molecule has 3 heteroatoms. The summed E-state index contributed by atoms with van der Waals surface area (Å²) in [5, 5.41) is 0. The molecule has 0 bridgehead atoms.